The lowest BCUT2D eigenvalue weighted by Gasteiger charge is -2.22. The molecular formula is C23H24N4O3. The summed E-state index contributed by atoms with van der Waals surface area (Å²) in [7, 11) is 0. The van der Waals surface area contributed by atoms with Gasteiger partial charge in [-0.05, 0) is 17.5 Å². The Morgan fingerprint density at radius 1 is 1.10 bits per heavy atom. The molecule has 1 aliphatic rings. The Balaban J connectivity index is 1.58. The van der Waals surface area contributed by atoms with Crippen molar-refractivity contribution < 1.29 is 14.7 Å². The molecule has 0 radical (unpaired) electrons. The first-order chi connectivity index (χ1) is 14.6. The fraction of sp³-hybridized carbons (Fsp3) is 0.261. The molecule has 1 aliphatic heterocycles. The van der Waals surface area contributed by atoms with E-state index in [1.807, 2.05) is 60.7 Å². The largest absolute Gasteiger partial charge is 0.389 e. The molecule has 0 unspecified atom stereocenters. The molecule has 0 saturated heterocycles. The molecule has 0 bridgehead atoms. The van der Waals surface area contributed by atoms with Crippen LogP contribution in [0.4, 0.5) is 0 Å². The number of amides is 2. The Morgan fingerprint density at radius 2 is 1.77 bits per heavy atom. The maximum absolute atomic E-state index is 13.3. The maximum atomic E-state index is 13.3. The molecule has 154 valence electrons. The van der Waals surface area contributed by atoms with Gasteiger partial charge in [-0.3, -0.25) is 14.3 Å². The number of aromatic nitrogens is 2. The highest BCUT2D eigenvalue weighted by molar-refractivity contribution is 5.98. The van der Waals surface area contributed by atoms with Crippen LogP contribution in [-0.2, 0) is 19.5 Å². The van der Waals surface area contributed by atoms with Crippen LogP contribution in [0.5, 0.6) is 0 Å². The van der Waals surface area contributed by atoms with Crippen molar-refractivity contribution in [2.24, 2.45) is 0 Å². The van der Waals surface area contributed by atoms with Gasteiger partial charge >= 0.3 is 0 Å². The number of aliphatic hydroxyl groups excluding tert-OH is 1. The zero-order valence-corrected chi connectivity index (χ0v) is 16.6. The molecule has 4 rings (SSSR count). The van der Waals surface area contributed by atoms with Gasteiger partial charge < -0.3 is 15.3 Å². The van der Waals surface area contributed by atoms with Gasteiger partial charge in [0.25, 0.3) is 11.8 Å². The summed E-state index contributed by atoms with van der Waals surface area (Å²) in [6.07, 6.45) is -0.0248. The van der Waals surface area contributed by atoms with Crippen molar-refractivity contribution >= 4 is 11.8 Å². The fourth-order valence-corrected chi connectivity index (χ4v) is 3.54. The molecule has 30 heavy (non-hydrogen) atoms. The summed E-state index contributed by atoms with van der Waals surface area (Å²) < 4.78 is 1.41. The molecule has 0 saturated carbocycles. The molecule has 2 heterocycles. The van der Waals surface area contributed by atoms with E-state index >= 15 is 0 Å². The number of hydrogen-bond donors (Lipinski definition) is 2. The number of rotatable bonds is 6. The normalized spacial score (nSPS) is 15.8. The van der Waals surface area contributed by atoms with E-state index in [9.17, 15) is 14.7 Å². The lowest BCUT2D eigenvalue weighted by Crippen LogP contribution is -2.33. The molecule has 2 N–H and O–H groups in total. The topological polar surface area (TPSA) is 87.5 Å². The van der Waals surface area contributed by atoms with Crippen molar-refractivity contribution in [2.45, 2.75) is 25.6 Å². The van der Waals surface area contributed by atoms with Crippen LogP contribution >= 0.6 is 0 Å². The van der Waals surface area contributed by atoms with Crippen molar-refractivity contribution in [3.63, 3.8) is 0 Å². The van der Waals surface area contributed by atoms with E-state index in [1.165, 1.54) is 10.7 Å². The van der Waals surface area contributed by atoms with Crippen LogP contribution in [0.15, 0.2) is 66.7 Å². The van der Waals surface area contributed by atoms with Crippen LogP contribution in [0.3, 0.4) is 0 Å². The first-order valence-corrected chi connectivity index (χ1v) is 10.0. The molecular weight excluding hydrogens is 380 g/mol. The predicted octanol–water partition coefficient (Wildman–Crippen LogP) is 1.87. The maximum Gasteiger partial charge on any atom is 0.274 e. The Hall–Kier alpha value is -3.45. The Bertz CT molecular complexity index is 1020. The van der Waals surface area contributed by atoms with Crippen LogP contribution in [0.1, 0.15) is 32.1 Å². The van der Waals surface area contributed by atoms with Gasteiger partial charge in [0.2, 0.25) is 0 Å². The minimum absolute atomic E-state index is 0.169. The number of aliphatic hydroxyl groups is 1. The van der Waals surface area contributed by atoms with Crippen LogP contribution in [-0.4, -0.2) is 50.8 Å². The Labute approximate surface area is 174 Å². The average Bonchev–Trinajstić information content (AvgIpc) is 3.14. The number of hydrogen-bond acceptors (Lipinski definition) is 4. The highest BCUT2D eigenvalue weighted by Gasteiger charge is 2.26. The summed E-state index contributed by atoms with van der Waals surface area (Å²) in [6.45, 7) is 1.31. The second kappa shape index (κ2) is 8.92. The van der Waals surface area contributed by atoms with Gasteiger partial charge in [-0.15, -0.1) is 0 Å². The number of nitrogens with one attached hydrogen (secondary N) is 1. The van der Waals surface area contributed by atoms with E-state index in [0.29, 0.717) is 19.5 Å². The van der Waals surface area contributed by atoms with E-state index in [2.05, 4.69) is 10.4 Å². The van der Waals surface area contributed by atoms with Crippen molar-refractivity contribution in [3.05, 3.63) is 89.2 Å². The Morgan fingerprint density at radius 3 is 2.47 bits per heavy atom. The molecule has 2 amide bonds. The van der Waals surface area contributed by atoms with E-state index in [0.717, 1.165) is 11.1 Å². The summed E-state index contributed by atoms with van der Waals surface area (Å²) in [6, 6.07) is 21.3. The van der Waals surface area contributed by atoms with Crippen LogP contribution < -0.4 is 5.32 Å². The molecule has 7 heteroatoms. The molecule has 0 fully saturated rings. The molecule has 2 aromatic carbocycles. The van der Waals surface area contributed by atoms with Gasteiger partial charge in [0, 0.05) is 25.7 Å². The first-order valence-electron chi connectivity index (χ1n) is 10.0. The second-order valence-electron chi connectivity index (χ2n) is 7.41. The lowest BCUT2D eigenvalue weighted by molar-refractivity contribution is 0.0736. The molecule has 3 aromatic rings. The summed E-state index contributed by atoms with van der Waals surface area (Å²) in [4.78, 5) is 27.3. The molecule has 0 aliphatic carbocycles. The number of fused-ring (bicyclic) bond motifs is 1. The average molecular weight is 404 g/mol. The number of benzene rings is 2. The first kappa shape index (κ1) is 19.8. The van der Waals surface area contributed by atoms with Gasteiger partial charge in [0.1, 0.15) is 5.69 Å². The van der Waals surface area contributed by atoms with Gasteiger partial charge in [-0.2, -0.15) is 5.10 Å². The highest BCUT2D eigenvalue weighted by atomic mass is 16.3. The van der Waals surface area contributed by atoms with Crippen LogP contribution in [0, 0.1) is 0 Å². The standard InChI is InChI=1S/C23H24N4O3/c28-19-14-24-22(29)21-13-20(25-27(21)16-19)23(30)26(15-18-9-5-2-6-10-18)12-11-17-7-3-1-4-8-17/h1-10,13,19,28H,11-12,14-16H2,(H,24,29)/t19-/m1/s1. The molecule has 7 nitrogen and oxygen atoms in total. The lowest BCUT2D eigenvalue weighted by atomic mass is 10.1. The number of carbonyl (C=O) groups excluding carboxylic acids is 2. The van der Waals surface area contributed by atoms with Gasteiger partial charge in [0.15, 0.2) is 5.69 Å². The monoisotopic (exact) mass is 404 g/mol. The van der Waals surface area contributed by atoms with Crippen molar-refractivity contribution in [1.29, 1.82) is 0 Å². The third kappa shape index (κ3) is 4.58. The summed E-state index contributed by atoms with van der Waals surface area (Å²) in [5.41, 5.74) is 2.66. The summed E-state index contributed by atoms with van der Waals surface area (Å²) in [5.74, 6) is -0.574. The highest BCUT2D eigenvalue weighted by Crippen LogP contribution is 2.14. The minimum atomic E-state index is -0.739. The second-order valence-corrected chi connectivity index (χ2v) is 7.41. The number of β-amino-alcohol motifs (C(OH)–C–C–N with tert-alkyl or cyclic N) is 1. The van der Waals surface area contributed by atoms with E-state index in [1.54, 1.807) is 4.90 Å². The molecule has 1 aromatic heterocycles. The fourth-order valence-electron chi connectivity index (χ4n) is 3.54. The van der Waals surface area contributed by atoms with Crippen LogP contribution in [0.2, 0.25) is 0 Å². The molecule has 0 spiro atoms. The number of nitrogens with zero attached hydrogens (tertiary/aromatic N) is 3. The van der Waals surface area contributed by atoms with Crippen molar-refractivity contribution in [1.82, 2.24) is 20.0 Å². The smallest absolute Gasteiger partial charge is 0.274 e. The Kier molecular flexibility index (Phi) is 5.90. The summed E-state index contributed by atoms with van der Waals surface area (Å²) in [5, 5.41) is 16.9. The van der Waals surface area contributed by atoms with E-state index < -0.39 is 6.10 Å². The predicted molar refractivity (Wildman–Crippen MR) is 112 cm³/mol. The zero-order valence-electron chi connectivity index (χ0n) is 16.6. The van der Waals surface area contributed by atoms with E-state index in [-0.39, 0.29) is 36.3 Å². The number of carbonyl (C=O) groups is 2. The van der Waals surface area contributed by atoms with Gasteiger partial charge in [0.05, 0.1) is 12.6 Å². The van der Waals surface area contributed by atoms with E-state index in [4.69, 9.17) is 0 Å². The summed E-state index contributed by atoms with van der Waals surface area (Å²) >= 11 is 0. The SMILES string of the molecule is O=C1NC[C@@H](O)Cn2nc(C(=O)N(CCc3ccccc3)Cc3ccccc3)cc21. The quantitative estimate of drug-likeness (QED) is 0.657. The van der Waals surface area contributed by atoms with Crippen LogP contribution in [0.25, 0.3) is 0 Å². The van der Waals surface area contributed by atoms with Crippen molar-refractivity contribution in [3.8, 4) is 0 Å². The third-order valence-corrected chi connectivity index (χ3v) is 5.13. The van der Waals surface area contributed by atoms with Crippen molar-refractivity contribution in [2.75, 3.05) is 13.1 Å². The third-order valence-electron chi connectivity index (χ3n) is 5.13. The van der Waals surface area contributed by atoms with Gasteiger partial charge in [-0.25, -0.2) is 0 Å². The van der Waals surface area contributed by atoms with Gasteiger partial charge in [-0.1, -0.05) is 60.7 Å². The zero-order chi connectivity index (χ0) is 20.9. The minimum Gasteiger partial charge on any atom is -0.389 e. The molecule has 1 atom stereocenters.